The maximum Gasteiger partial charge on any atom is 0.337 e. The maximum atomic E-state index is 15.5. The third-order valence-corrected chi connectivity index (χ3v) is 7.53. The topological polar surface area (TPSA) is 63.9 Å². The van der Waals surface area contributed by atoms with Crippen molar-refractivity contribution in [3.63, 3.8) is 0 Å². The predicted molar refractivity (Wildman–Crippen MR) is 140 cm³/mol. The number of hydrogen-bond donors (Lipinski definition) is 1. The first-order chi connectivity index (χ1) is 16.9. The summed E-state index contributed by atoms with van der Waals surface area (Å²) in [6.45, 7) is 13.8. The molecule has 0 fully saturated rings. The fourth-order valence-corrected chi connectivity index (χ4v) is 6.00. The first-order valence-electron chi connectivity index (χ1n) is 12.6. The zero-order valence-electron chi connectivity index (χ0n) is 22.2. The number of likely N-dealkylation sites (N-methyl/N-ethyl adjacent to an activating group) is 1. The fourth-order valence-electron chi connectivity index (χ4n) is 6.00. The van der Waals surface area contributed by atoms with Crippen LogP contribution in [0.25, 0.3) is 22.0 Å². The lowest BCUT2D eigenvalue weighted by atomic mass is 9.83. The summed E-state index contributed by atoms with van der Waals surface area (Å²) in [6, 6.07) is 3.63. The van der Waals surface area contributed by atoms with Crippen LogP contribution in [0.1, 0.15) is 61.2 Å². The van der Waals surface area contributed by atoms with Gasteiger partial charge in [0, 0.05) is 42.3 Å². The monoisotopic (exact) mass is 494 g/mol. The number of carboxylic acid groups (broad SMARTS) is 1. The molecule has 0 aliphatic carbocycles. The molecule has 0 unspecified atom stereocenters. The molecule has 1 aromatic heterocycles. The Hall–Kier alpha value is -3.06. The Labute approximate surface area is 211 Å². The number of fused-ring (bicyclic) bond motifs is 1. The molecule has 3 aromatic rings. The molecule has 7 heteroatoms. The highest BCUT2D eigenvalue weighted by atomic mass is 19.1. The van der Waals surface area contributed by atoms with Gasteiger partial charge < -0.3 is 24.0 Å². The van der Waals surface area contributed by atoms with E-state index in [2.05, 4.69) is 22.5 Å². The Bertz CT molecular complexity index is 1400. The van der Waals surface area contributed by atoms with Crippen LogP contribution in [-0.4, -0.2) is 41.4 Å². The highest BCUT2D eigenvalue weighted by molar-refractivity contribution is 6.08. The van der Waals surface area contributed by atoms with Gasteiger partial charge in [-0.05, 0) is 88.8 Å². The van der Waals surface area contributed by atoms with Gasteiger partial charge >= 0.3 is 5.97 Å². The minimum atomic E-state index is -1.21. The van der Waals surface area contributed by atoms with Gasteiger partial charge in [-0.15, -0.1) is 0 Å². The van der Waals surface area contributed by atoms with Crippen molar-refractivity contribution in [2.75, 3.05) is 25.1 Å². The summed E-state index contributed by atoms with van der Waals surface area (Å²) in [5.41, 5.74) is 7.14. The molecule has 0 bridgehead atoms. The minimum Gasteiger partial charge on any atom is -0.490 e. The van der Waals surface area contributed by atoms with Crippen LogP contribution in [-0.2, 0) is 22.5 Å². The molecular formula is C29H35FN2O4. The second-order valence-electron chi connectivity index (χ2n) is 11.1. The Morgan fingerprint density at radius 2 is 1.89 bits per heavy atom. The molecular weight excluding hydrogens is 459 g/mol. The Morgan fingerprint density at radius 1 is 1.17 bits per heavy atom. The van der Waals surface area contributed by atoms with Crippen LogP contribution in [0.4, 0.5) is 10.1 Å². The second-order valence-corrected chi connectivity index (χ2v) is 11.1. The van der Waals surface area contributed by atoms with Crippen molar-refractivity contribution in [2.45, 2.75) is 72.6 Å². The molecule has 1 atom stereocenters. The summed E-state index contributed by atoms with van der Waals surface area (Å²) in [6.07, 6.45) is 0.335. The van der Waals surface area contributed by atoms with Gasteiger partial charge in [-0.1, -0.05) is 0 Å². The van der Waals surface area contributed by atoms with Crippen molar-refractivity contribution < 1.29 is 23.8 Å². The van der Waals surface area contributed by atoms with Crippen LogP contribution in [0.15, 0.2) is 12.1 Å². The minimum absolute atomic E-state index is 0.323. The van der Waals surface area contributed by atoms with Gasteiger partial charge in [0.25, 0.3) is 0 Å². The third-order valence-electron chi connectivity index (χ3n) is 7.53. The normalized spacial score (nSPS) is 16.2. The number of benzene rings is 2. The standard InChI is InChI=1S/C29H35FN2O4/c1-15-13-20-23(19-14-21(30)26-18(16(19)2)9-8-12-35-26)22(27(28(33)34)36-29(4,5)6)17(3)24-25(20)32(15)11-10-31(24)7/h13-14,27H,8-12H2,1-7H3,(H,33,34)/t27-/m0/s1. The molecule has 0 amide bonds. The summed E-state index contributed by atoms with van der Waals surface area (Å²) in [5, 5.41) is 11.4. The number of nitrogens with zero attached hydrogens (tertiary/aromatic N) is 2. The number of anilines is 1. The fraction of sp³-hybridized carbons (Fsp3) is 0.483. The van der Waals surface area contributed by atoms with E-state index >= 15 is 4.39 Å². The molecule has 3 heterocycles. The zero-order valence-corrected chi connectivity index (χ0v) is 22.2. The lowest BCUT2D eigenvalue weighted by Crippen LogP contribution is -2.31. The van der Waals surface area contributed by atoms with E-state index in [0.29, 0.717) is 23.5 Å². The second kappa shape index (κ2) is 8.51. The molecule has 192 valence electrons. The van der Waals surface area contributed by atoms with Gasteiger partial charge in [-0.2, -0.15) is 0 Å². The third kappa shape index (κ3) is 3.76. The molecule has 0 radical (unpaired) electrons. The highest BCUT2D eigenvalue weighted by Crippen LogP contribution is 2.49. The first kappa shape index (κ1) is 24.6. The van der Waals surface area contributed by atoms with Crippen LogP contribution in [0.3, 0.4) is 0 Å². The van der Waals surface area contributed by atoms with Gasteiger partial charge in [0.1, 0.15) is 0 Å². The summed E-state index contributed by atoms with van der Waals surface area (Å²) in [7, 11) is 2.04. The van der Waals surface area contributed by atoms with Gasteiger partial charge in [0.2, 0.25) is 0 Å². The van der Waals surface area contributed by atoms with Crippen LogP contribution in [0.5, 0.6) is 5.75 Å². The summed E-state index contributed by atoms with van der Waals surface area (Å²) < 4.78 is 29.7. The van der Waals surface area contributed by atoms with Crippen molar-refractivity contribution in [3.05, 3.63) is 45.9 Å². The first-order valence-corrected chi connectivity index (χ1v) is 12.6. The quantitative estimate of drug-likeness (QED) is 0.476. The van der Waals surface area contributed by atoms with Crippen molar-refractivity contribution in [1.82, 2.24) is 4.57 Å². The molecule has 6 nitrogen and oxygen atoms in total. The van der Waals surface area contributed by atoms with Gasteiger partial charge in [-0.25, -0.2) is 9.18 Å². The van der Waals surface area contributed by atoms with E-state index in [1.807, 2.05) is 41.7 Å². The lowest BCUT2D eigenvalue weighted by Gasteiger charge is -2.34. The average Bonchev–Trinajstić information content (AvgIpc) is 3.13. The predicted octanol–water partition coefficient (Wildman–Crippen LogP) is 6.09. The van der Waals surface area contributed by atoms with Crippen LogP contribution >= 0.6 is 0 Å². The number of carbonyl (C=O) groups is 1. The molecule has 0 saturated heterocycles. The Balaban J connectivity index is 1.95. The number of aromatic nitrogens is 1. The molecule has 5 rings (SSSR count). The number of aryl methyl sites for hydroxylation is 1. The molecule has 2 aliphatic heterocycles. The highest BCUT2D eigenvalue weighted by Gasteiger charge is 2.36. The van der Waals surface area contributed by atoms with Gasteiger partial charge in [-0.3, -0.25) is 0 Å². The SMILES string of the molecule is Cc1c(-c2c([C@H](OC(C)(C)C)C(=O)O)c(C)c3c4c2cc(C)n4CCN3C)cc(F)c2c1CCCO2. The van der Waals surface area contributed by atoms with E-state index in [1.165, 1.54) is 6.07 Å². The van der Waals surface area contributed by atoms with E-state index in [-0.39, 0.29) is 0 Å². The summed E-state index contributed by atoms with van der Waals surface area (Å²) in [4.78, 5) is 15.0. The van der Waals surface area contributed by atoms with Crippen molar-refractivity contribution in [1.29, 1.82) is 0 Å². The Morgan fingerprint density at radius 3 is 2.56 bits per heavy atom. The zero-order chi connectivity index (χ0) is 26.1. The molecule has 1 N–H and O–H groups in total. The van der Waals surface area contributed by atoms with Crippen molar-refractivity contribution in [2.24, 2.45) is 0 Å². The van der Waals surface area contributed by atoms with E-state index in [4.69, 9.17) is 9.47 Å². The van der Waals surface area contributed by atoms with Crippen LogP contribution in [0.2, 0.25) is 0 Å². The number of hydrogen-bond acceptors (Lipinski definition) is 4. The van der Waals surface area contributed by atoms with Crippen LogP contribution < -0.4 is 9.64 Å². The number of halogens is 1. The van der Waals surface area contributed by atoms with Crippen molar-refractivity contribution >= 4 is 22.6 Å². The van der Waals surface area contributed by atoms with E-state index in [0.717, 1.165) is 70.5 Å². The van der Waals surface area contributed by atoms with Gasteiger partial charge in [0.15, 0.2) is 17.7 Å². The molecule has 36 heavy (non-hydrogen) atoms. The number of carboxylic acids is 1. The van der Waals surface area contributed by atoms with Crippen molar-refractivity contribution in [3.8, 4) is 16.9 Å². The number of aliphatic carboxylic acids is 1. The maximum absolute atomic E-state index is 15.5. The van der Waals surface area contributed by atoms with E-state index in [1.54, 1.807) is 0 Å². The van der Waals surface area contributed by atoms with E-state index in [9.17, 15) is 9.90 Å². The smallest absolute Gasteiger partial charge is 0.337 e. The van der Waals surface area contributed by atoms with Crippen LogP contribution in [0, 0.1) is 26.6 Å². The van der Waals surface area contributed by atoms with E-state index < -0.39 is 23.5 Å². The molecule has 0 spiro atoms. The number of ether oxygens (including phenoxy) is 2. The molecule has 2 aliphatic rings. The number of rotatable bonds is 4. The molecule has 2 aromatic carbocycles. The average molecular weight is 495 g/mol. The Kier molecular flexibility index (Phi) is 5.82. The lowest BCUT2D eigenvalue weighted by molar-refractivity contribution is -0.160. The largest absolute Gasteiger partial charge is 0.490 e. The summed E-state index contributed by atoms with van der Waals surface area (Å²) in [5.74, 6) is -1.14. The molecule has 0 saturated carbocycles. The van der Waals surface area contributed by atoms with Gasteiger partial charge in [0.05, 0.1) is 23.4 Å². The summed E-state index contributed by atoms with van der Waals surface area (Å²) >= 11 is 0.